The van der Waals surface area contributed by atoms with Gasteiger partial charge in [0.25, 0.3) is 0 Å². The van der Waals surface area contributed by atoms with Crippen LogP contribution in [-0.4, -0.2) is 35.5 Å². The van der Waals surface area contributed by atoms with Gasteiger partial charge < -0.3 is 9.84 Å². The summed E-state index contributed by atoms with van der Waals surface area (Å²) in [5.41, 5.74) is 2.64. The Hall–Kier alpha value is -2.46. The van der Waals surface area contributed by atoms with Crippen LogP contribution >= 0.6 is 0 Å². The second-order valence-electron chi connectivity index (χ2n) is 6.57. The van der Waals surface area contributed by atoms with Crippen molar-refractivity contribution in [3.8, 4) is 0 Å². The molecule has 26 heavy (non-hydrogen) atoms. The number of rotatable bonds is 6. The van der Waals surface area contributed by atoms with E-state index < -0.39 is 12.1 Å². The molecule has 1 fully saturated rings. The van der Waals surface area contributed by atoms with Crippen LogP contribution in [0.2, 0.25) is 0 Å². The predicted octanol–water partition coefficient (Wildman–Crippen LogP) is 3.62. The highest BCUT2D eigenvalue weighted by Crippen LogP contribution is 2.31. The van der Waals surface area contributed by atoms with E-state index in [1.807, 2.05) is 60.7 Å². The zero-order valence-electron chi connectivity index (χ0n) is 15.0. The van der Waals surface area contributed by atoms with Gasteiger partial charge in [-0.05, 0) is 19.8 Å². The molecule has 136 valence electrons. The molecule has 1 saturated carbocycles. The van der Waals surface area contributed by atoms with E-state index in [-0.39, 0.29) is 11.9 Å². The second-order valence-corrected chi connectivity index (χ2v) is 6.57. The van der Waals surface area contributed by atoms with E-state index in [0.29, 0.717) is 13.0 Å². The summed E-state index contributed by atoms with van der Waals surface area (Å²) >= 11 is 0. The second kappa shape index (κ2) is 8.77. The molecule has 0 amide bonds. The molecule has 0 saturated heterocycles. The normalized spacial score (nSPS) is 20.4. The maximum Gasteiger partial charge on any atom is 0.331 e. The maximum absolute atomic E-state index is 12.6. The Kier molecular flexibility index (Phi) is 6.18. The van der Waals surface area contributed by atoms with Crippen LogP contribution in [0.4, 0.5) is 0 Å². The molecule has 1 aliphatic rings. The first-order valence-electron chi connectivity index (χ1n) is 9.24. The molecule has 4 nitrogen and oxygen atoms in total. The number of aliphatic imine (C=N–C) groups is 1. The van der Waals surface area contributed by atoms with Crippen LogP contribution in [0.3, 0.4) is 0 Å². The predicted molar refractivity (Wildman–Crippen MR) is 102 cm³/mol. The highest BCUT2D eigenvalue weighted by Gasteiger charge is 2.38. The monoisotopic (exact) mass is 351 g/mol. The molecule has 2 aromatic rings. The molecule has 0 aliphatic heterocycles. The average molecular weight is 351 g/mol. The first-order valence-corrected chi connectivity index (χ1v) is 9.24. The number of benzene rings is 2. The fourth-order valence-electron chi connectivity index (χ4n) is 3.54. The minimum atomic E-state index is -0.692. The van der Waals surface area contributed by atoms with E-state index >= 15 is 0 Å². The van der Waals surface area contributed by atoms with Crippen LogP contribution in [-0.2, 0) is 9.53 Å². The van der Waals surface area contributed by atoms with Crippen molar-refractivity contribution in [3.05, 3.63) is 71.8 Å². The summed E-state index contributed by atoms with van der Waals surface area (Å²) in [5.74, 6) is -0.556. The van der Waals surface area contributed by atoms with Crippen molar-refractivity contribution in [2.75, 3.05) is 6.61 Å². The summed E-state index contributed by atoms with van der Waals surface area (Å²) in [5, 5.41) is 10.4. The van der Waals surface area contributed by atoms with Crippen molar-refractivity contribution >= 4 is 11.7 Å². The quantitative estimate of drug-likeness (QED) is 0.639. The third-order valence-electron chi connectivity index (χ3n) is 4.83. The lowest BCUT2D eigenvalue weighted by Gasteiger charge is -2.22. The Morgan fingerprint density at radius 3 is 2.12 bits per heavy atom. The largest absolute Gasteiger partial charge is 0.464 e. The zero-order valence-corrected chi connectivity index (χ0v) is 15.0. The number of aliphatic hydroxyl groups excluding tert-OH is 1. The van der Waals surface area contributed by atoms with Gasteiger partial charge in [-0.15, -0.1) is 0 Å². The fourth-order valence-corrected chi connectivity index (χ4v) is 3.54. The van der Waals surface area contributed by atoms with Gasteiger partial charge in [-0.1, -0.05) is 67.1 Å². The summed E-state index contributed by atoms with van der Waals surface area (Å²) in [6.45, 7) is 2.10. The van der Waals surface area contributed by atoms with Gasteiger partial charge in [0.15, 0.2) is 6.04 Å². The summed E-state index contributed by atoms with van der Waals surface area (Å²) in [6, 6.07) is 19.0. The first kappa shape index (κ1) is 18.3. The molecule has 1 aliphatic carbocycles. The lowest BCUT2D eigenvalue weighted by Crippen LogP contribution is -2.35. The number of ether oxygens (including phenoxy) is 1. The molecule has 0 spiro atoms. The Balaban J connectivity index is 2.06. The fraction of sp³-hybridized carbons (Fsp3) is 0.364. The van der Waals surface area contributed by atoms with E-state index in [0.717, 1.165) is 29.7 Å². The Bertz CT molecular complexity index is 701. The van der Waals surface area contributed by atoms with E-state index in [4.69, 9.17) is 9.73 Å². The summed E-state index contributed by atoms with van der Waals surface area (Å²) in [6.07, 6.45) is 1.89. The van der Waals surface area contributed by atoms with Crippen molar-refractivity contribution in [3.63, 3.8) is 0 Å². The third kappa shape index (κ3) is 4.20. The van der Waals surface area contributed by atoms with E-state index in [1.54, 1.807) is 6.92 Å². The molecule has 4 heteroatoms. The van der Waals surface area contributed by atoms with Crippen molar-refractivity contribution in [2.45, 2.75) is 38.3 Å². The third-order valence-corrected chi connectivity index (χ3v) is 4.83. The van der Waals surface area contributed by atoms with Crippen LogP contribution in [0.15, 0.2) is 65.7 Å². The molecular formula is C22H25NO3. The smallest absolute Gasteiger partial charge is 0.331 e. The molecule has 0 bridgehead atoms. The van der Waals surface area contributed by atoms with Crippen molar-refractivity contribution in [1.29, 1.82) is 0 Å². The van der Waals surface area contributed by atoms with Gasteiger partial charge in [-0.3, -0.25) is 4.99 Å². The van der Waals surface area contributed by atoms with Gasteiger partial charge in [0.1, 0.15) is 0 Å². The highest BCUT2D eigenvalue weighted by molar-refractivity contribution is 6.13. The summed E-state index contributed by atoms with van der Waals surface area (Å²) in [7, 11) is 0. The number of hydrogen-bond donors (Lipinski definition) is 1. The average Bonchev–Trinajstić information content (AvgIpc) is 3.10. The first-order chi connectivity index (χ1) is 12.7. The molecule has 0 aromatic heterocycles. The molecule has 0 heterocycles. The van der Waals surface area contributed by atoms with Crippen molar-refractivity contribution < 1.29 is 14.6 Å². The van der Waals surface area contributed by atoms with Gasteiger partial charge >= 0.3 is 5.97 Å². The Morgan fingerprint density at radius 2 is 1.65 bits per heavy atom. The van der Waals surface area contributed by atoms with Crippen molar-refractivity contribution in [2.24, 2.45) is 10.9 Å². The van der Waals surface area contributed by atoms with E-state index in [2.05, 4.69) is 0 Å². The lowest BCUT2D eigenvalue weighted by atomic mass is 9.95. The minimum absolute atomic E-state index is 0.198. The van der Waals surface area contributed by atoms with E-state index in [9.17, 15) is 9.90 Å². The number of hydrogen-bond acceptors (Lipinski definition) is 4. The Labute approximate surface area is 154 Å². The standard InChI is InChI=1S/C22H25NO3/c1-2-26-22(25)21(18-14-9-15-19(18)24)23-20(16-10-5-3-6-11-16)17-12-7-4-8-13-17/h3-8,10-13,18-19,21,24H,2,9,14-15H2,1H3. The number of aliphatic hydroxyl groups is 1. The summed E-state index contributed by atoms with van der Waals surface area (Å²) in [4.78, 5) is 17.5. The van der Waals surface area contributed by atoms with Crippen LogP contribution in [0.25, 0.3) is 0 Å². The van der Waals surface area contributed by atoms with Crippen LogP contribution < -0.4 is 0 Å². The molecule has 3 atom stereocenters. The topological polar surface area (TPSA) is 58.9 Å². The Morgan fingerprint density at radius 1 is 1.08 bits per heavy atom. The SMILES string of the molecule is CCOC(=O)C(N=C(c1ccccc1)c1ccccc1)C1CCCC1O. The van der Waals surface area contributed by atoms with Crippen LogP contribution in [0, 0.1) is 5.92 Å². The zero-order chi connectivity index (χ0) is 18.4. The highest BCUT2D eigenvalue weighted by atomic mass is 16.5. The van der Waals surface area contributed by atoms with Gasteiger partial charge in [0.2, 0.25) is 0 Å². The number of esters is 1. The molecule has 3 unspecified atom stereocenters. The van der Waals surface area contributed by atoms with Crippen molar-refractivity contribution in [1.82, 2.24) is 0 Å². The van der Waals surface area contributed by atoms with E-state index in [1.165, 1.54) is 0 Å². The number of carbonyl (C=O) groups is 1. The maximum atomic E-state index is 12.6. The summed E-state index contributed by atoms with van der Waals surface area (Å²) < 4.78 is 5.28. The molecule has 2 aromatic carbocycles. The molecule has 0 radical (unpaired) electrons. The number of carbonyl (C=O) groups excluding carboxylic acids is 1. The lowest BCUT2D eigenvalue weighted by molar-refractivity contribution is -0.146. The van der Waals surface area contributed by atoms with Crippen LogP contribution in [0.1, 0.15) is 37.3 Å². The van der Waals surface area contributed by atoms with Gasteiger partial charge in [0, 0.05) is 17.0 Å². The number of nitrogens with zero attached hydrogens (tertiary/aromatic N) is 1. The van der Waals surface area contributed by atoms with Gasteiger partial charge in [-0.2, -0.15) is 0 Å². The van der Waals surface area contributed by atoms with Crippen LogP contribution in [0.5, 0.6) is 0 Å². The molecule has 3 rings (SSSR count). The van der Waals surface area contributed by atoms with Gasteiger partial charge in [0.05, 0.1) is 18.4 Å². The minimum Gasteiger partial charge on any atom is -0.464 e. The molecule has 1 N–H and O–H groups in total. The molecular weight excluding hydrogens is 326 g/mol. The van der Waals surface area contributed by atoms with Gasteiger partial charge in [-0.25, -0.2) is 4.79 Å².